The first-order valence-corrected chi connectivity index (χ1v) is 8.53. The summed E-state index contributed by atoms with van der Waals surface area (Å²) in [4.78, 5) is 17.3. The van der Waals surface area contributed by atoms with Gasteiger partial charge in [-0.2, -0.15) is 0 Å². The number of hydrogen-bond acceptors (Lipinski definition) is 1. The lowest BCUT2D eigenvalue weighted by Crippen LogP contribution is -2.38. The minimum absolute atomic E-state index is 0.353. The highest BCUT2D eigenvalue weighted by Gasteiger charge is 2.35. The van der Waals surface area contributed by atoms with Gasteiger partial charge in [0.05, 0.1) is 0 Å². The number of nitrogens with one attached hydrogen (secondary N) is 1. The summed E-state index contributed by atoms with van der Waals surface area (Å²) in [5.74, 6) is -0.540. The second kappa shape index (κ2) is 7.06. The lowest BCUT2D eigenvalue weighted by Gasteiger charge is -2.26. The molecule has 0 aliphatic heterocycles. The Balaban J connectivity index is 1.91. The first-order chi connectivity index (χ1) is 11.4. The van der Waals surface area contributed by atoms with Crippen molar-refractivity contribution in [2.45, 2.75) is 16.9 Å². The Morgan fingerprint density at radius 3 is 2.33 bits per heavy atom. The van der Waals surface area contributed by atoms with E-state index in [4.69, 9.17) is 34.8 Å². The highest BCUT2D eigenvalue weighted by molar-refractivity contribution is 6.76. The maximum atomic E-state index is 12.6. The van der Waals surface area contributed by atoms with E-state index in [9.17, 15) is 4.79 Å². The molecule has 1 N–H and O–H groups in total. The molecule has 3 aromatic rings. The minimum Gasteiger partial charge on any atom is -0.361 e. The van der Waals surface area contributed by atoms with Gasteiger partial charge in [-0.15, -0.1) is 0 Å². The first-order valence-electron chi connectivity index (χ1n) is 7.40. The molecule has 3 nitrogen and oxygen atoms in total. The highest BCUT2D eigenvalue weighted by atomic mass is 35.6. The third-order valence-corrected chi connectivity index (χ3v) is 4.27. The zero-order valence-electron chi connectivity index (χ0n) is 12.7. The molecule has 0 unspecified atom stereocenters. The van der Waals surface area contributed by atoms with Crippen molar-refractivity contribution in [3.05, 3.63) is 71.9 Å². The Kier molecular flexibility index (Phi) is 5.04. The standard InChI is InChI=1S/C18H15Cl3N2O/c19-18(20,21)17(24)23(11-13-6-2-1-3-7-13)12-14-10-22-16-9-5-4-8-15(14)16/h1-10,22H,11-12H2. The fourth-order valence-corrected chi connectivity index (χ4v) is 3.01. The van der Waals surface area contributed by atoms with Crippen LogP contribution in [-0.2, 0) is 17.9 Å². The molecule has 0 aliphatic rings. The van der Waals surface area contributed by atoms with E-state index in [2.05, 4.69) is 4.98 Å². The summed E-state index contributed by atoms with van der Waals surface area (Å²) in [7, 11) is 0. The van der Waals surface area contributed by atoms with Crippen molar-refractivity contribution in [3.8, 4) is 0 Å². The van der Waals surface area contributed by atoms with Gasteiger partial charge in [-0.05, 0) is 17.2 Å². The summed E-state index contributed by atoms with van der Waals surface area (Å²) in [6.45, 7) is 0.721. The van der Waals surface area contributed by atoms with E-state index in [0.29, 0.717) is 13.1 Å². The Bertz CT molecular complexity index is 840. The average Bonchev–Trinajstić information content (AvgIpc) is 2.97. The molecule has 6 heteroatoms. The lowest BCUT2D eigenvalue weighted by molar-refractivity contribution is -0.131. The largest absolute Gasteiger partial charge is 0.361 e. The Morgan fingerprint density at radius 2 is 1.62 bits per heavy atom. The van der Waals surface area contributed by atoms with E-state index in [1.54, 1.807) is 4.90 Å². The van der Waals surface area contributed by atoms with Gasteiger partial charge in [0.1, 0.15) is 0 Å². The van der Waals surface area contributed by atoms with Crippen molar-refractivity contribution >= 4 is 51.6 Å². The quantitative estimate of drug-likeness (QED) is 0.629. The molecule has 0 fully saturated rings. The zero-order valence-corrected chi connectivity index (χ0v) is 14.9. The molecule has 0 aliphatic carbocycles. The predicted molar refractivity (Wildman–Crippen MR) is 99.3 cm³/mol. The van der Waals surface area contributed by atoms with Gasteiger partial charge in [0.25, 0.3) is 9.70 Å². The number of halogens is 3. The van der Waals surface area contributed by atoms with Crippen LogP contribution in [0.5, 0.6) is 0 Å². The molecule has 2 aromatic carbocycles. The van der Waals surface area contributed by atoms with E-state index < -0.39 is 9.70 Å². The van der Waals surface area contributed by atoms with Crippen molar-refractivity contribution in [3.63, 3.8) is 0 Å². The van der Waals surface area contributed by atoms with E-state index in [1.165, 1.54) is 0 Å². The molecule has 0 saturated carbocycles. The van der Waals surface area contributed by atoms with Crippen LogP contribution in [0.15, 0.2) is 60.8 Å². The van der Waals surface area contributed by atoms with E-state index in [-0.39, 0.29) is 0 Å². The molecule has 0 saturated heterocycles. The number of fused-ring (bicyclic) bond motifs is 1. The van der Waals surface area contributed by atoms with Gasteiger partial charge in [-0.3, -0.25) is 4.79 Å². The number of para-hydroxylation sites is 1. The molecule has 0 atom stereocenters. The van der Waals surface area contributed by atoms with Gasteiger partial charge in [0.15, 0.2) is 0 Å². The van der Waals surface area contributed by atoms with Crippen LogP contribution in [0.2, 0.25) is 0 Å². The van der Waals surface area contributed by atoms with Crippen LogP contribution in [0, 0.1) is 0 Å². The first kappa shape index (κ1) is 17.2. The van der Waals surface area contributed by atoms with Gasteiger partial charge in [0.2, 0.25) is 0 Å². The summed E-state index contributed by atoms with van der Waals surface area (Å²) >= 11 is 17.5. The molecule has 124 valence electrons. The predicted octanol–water partition coefficient (Wildman–Crippen LogP) is 5.07. The Labute approximate surface area is 155 Å². The average molecular weight is 382 g/mol. The number of aromatic amines is 1. The molecular weight excluding hydrogens is 367 g/mol. The van der Waals surface area contributed by atoms with Crippen LogP contribution in [0.3, 0.4) is 0 Å². The number of benzene rings is 2. The van der Waals surface area contributed by atoms with Crippen LogP contribution in [-0.4, -0.2) is 19.6 Å². The van der Waals surface area contributed by atoms with Gasteiger partial charge in [0, 0.05) is 30.2 Å². The van der Waals surface area contributed by atoms with Crippen molar-refractivity contribution in [2.24, 2.45) is 0 Å². The number of rotatable bonds is 4. The van der Waals surface area contributed by atoms with E-state index in [1.807, 2.05) is 60.8 Å². The molecule has 24 heavy (non-hydrogen) atoms. The molecule has 1 aromatic heterocycles. The number of alkyl halides is 3. The summed E-state index contributed by atoms with van der Waals surface area (Å²) in [6.07, 6.45) is 1.88. The van der Waals surface area contributed by atoms with Crippen LogP contribution < -0.4 is 0 Å². The van der Waals surface area contributed by atoms with Crippen LogP contribution in [0.25, 0.3) is 10.9 Å². The summed E-state index contributed by atoms with van der Waals surface area (Å²) < 4.78 is -1.99. The molecule has 0 bridgehead atoms. The van der Waals surface area contributed by atoms with Crippen LogP contribution in [0.4, 0.5) is 0 Å². The van der Waals surface area contributed by atoms with Gasteiger partial charge < -0.3 is 9.88 Å². The molecular formula is C18H15Cl3N2O. The second-order valence-corrected chi connectivity index (χ2v) is 7.79. The molecule has 1 amide bonds. The maximum absolute atomic E-state index is 12.6. The molecule has 0 radical (unpaired) electrons. The van der Waals surface area contributed by atoms with Crippen molar-refractivity contribution in [1.29, 1.82) is 0 Å². The second-order valence-electron chi connectivity index (χ2n) is 5.50. The maximum Gasteiger partial charge on any atom is 0.275 e. The number of carbonyl (C=O) groups excluding carboxylic acids is 1. The fraction of sp³-hybridized carbons (Fsp3) is 0.167. The molecule has 3 rings (SSSR count). The number of aromatic nitrogens is 1. The van der Waals surface area contributed by atoms with Crippen molar-refractivity contribution < 1.29 is 4.79 Å². The number of amides is 1. The van der Waals surface area contributed by atoms with Crippen molar-refractivity contribution in [2.75, 3.05) is 0 Å². The smallest absolute Gasteiger partial charge is 0.275 e. The number of H-pyrrole nitrogens is 1. The summed E-state index contributed by atoms with van der Waals surface area (Å²) in [5, 5.41) is 1.05. The van der Waals surface area contributed by atoms with Crippen LogP contribution in [0.1, 0.15) is 11.1 Å². The lowest BCUT2D eigenvalue weighted by atomic mass is 10.1. The topological polar surface area (TPSA) is 36.1 Å². The van der Waals surface area contributed by atoms with E-state index in [0.717, 1.165) is 22.0 Å². The number of hydrogen-bond donors (Lipinski definition) is 1. The number of nitrogens with zero attached hydrogens (tertiary/aromatic N) is 1. The Morgan fingerprint density at radius 1 is 0.958 bits per heavy atom. The third kappa shape index (κ3) is 3.86. The van der Waals surface area contributed by atoms with Gasteiger partial charge in [-0.1, -0.05) is 83.3 Å². The van der Waals surface area contributed by atoms with Crippen molar-refractivity contribution in [1.82, 2.24) is 9.88 Å². The van der Waals surface area contributed by atoms with Gasteiger partial charge >= 0.3 is 0 Å². The fourth-order valence-electron chi connectivity index (χ4n) is 2.65. The highest BCUT2D eigenvalue weighted by Crippen LogP contribution is 2.31. The monoisotopic (exact) mass is 380 g/mol. The molecule has 1 heterocycles. The third-order valence-electron chi connectivity index (χ3n) is 3.78. The Hall–Kier alpha value is -1.68. The zero-order chi connectivity index (χ0) is 17.2. The minimum atomic E-state index is -1.99. The normalized spacial score (nSPS) is 11.6. The summed E-state index contributed by atoms with van der Waals surface area (Å²) in [6, 6.07) is 17.5. The molecule has 0 spiro atoms. The SMILES string of the molecule is O=C(N(Cc1ccccc1)Cc1c[nH]c2ccccc12)C(Cl)(Cl)Cl. The van der Waals surface area contributed by atoms with Gasteiger partial charge in [-0.25, -0.2) is 0 Å². The van der Waals surface area contributed by atoms with E-state index >= 15 is 0 Å². The summed E-state index contributed by atoms with van der Waals surface area (Å²) in [5.41, 5.74) is 2.96. The van der Waals surface area contributed by atoms with Crippen LogP contribution >= 0.6 is 34.8 Å². The number of carbonyl (C=O) groups is 1.